The van der Waals surface area contributed by atoms with Crippen LogP contribution >= 0.6 is 11.6 Å². The second-order valence-corrected chi connectivity index (χ2v) is 3.27. The number of nitrogens with zero attached hydrogens (tertiary/aromatic N) is 2. The molecule has 0 spiro atoms. The molecule has 1 N–H and O–H groups in total. The summed E-state index contributed by atoms with van der Waals surface area (Å²) >= 11 is 5.41. The highest BCUT2D eigenvalue weighted by Crippen LogP contribution is 2.22. The lowest BCUT2D eigenvalue weighted by atomic mass is 10.3. The Bertz CT molecular complexity index is 546. The van der Waals surface area contributed by atoms with Crippen molar-refractivity contribution in [3.05, 3.63) is 35.5 Å². The quantitative estimate of drug-likeness (QED) is 0.683. The molecule has 0 unspecified atom stereocenters. The fourth-order valence-electron chi connectivity index (χ4n) is 1.09. The van der Waals surface area contributed by atoms with Crippen molar-refractivity contribution in [2.45, 2.75) is 5.88 Å². The fraction of sp³-hybridized carbons (Fsp3) is 0.111. The number of benzene rings is 1. The summed E-state index contributed by atoms with van der Waals surface area (Å²) in [5, 5.41) is 9.29. The van der Waals surface area contributed by atoms with Gasteiger partial charge in [0.25, 0.3) is 0 Å². The first kappa shape index (κ1) is 11.7. The van der Waals surface area contributed by atoms with E-state index in [1.54, 1.807) is 0 Å². The number of hydrogen-bond acceptors (Lipinski definition) is 4. The molecule has 0 aliphatic heterocycles. The van der Waals surface area contributed by atoms with Crippen LogP contribution in [0.1, 0.15) is 5.89 Å². The van der Waals surface area contributed by atoms with E-state index in [2.05, 4.69) is 15.5 Å². The summed E-state index contributed by atoms with van der Waals surface area (Å²) in [7, 11) is 0. The molecule has 4 nitrogen and oxygen atoms in total. The Labute approximate surface area is 98.4 Å². The number of alkyl halides is 1. The van der Waals surface area contributed by atoms with Gasteiger partial charge in [0.2, 0.25) is 5.89 Å². The minimum Gasteiger partial charge on any atom is -0.407 e. The first-order valence-electron chi connectivity index (χ1n) is 4.40. The molecular formula is C9H5ClF3N3O. The first-order valence-corrected chi connectivity index (χ1v) is 4.93. The van der Waals surface area contributed by atoms with E-state index in [-0.39, 0.29) is 23.5 Å². The first-order chi connectivity index (χ1) is 8.10. The number of rotatable bonds is 3. The molecule has 1 heterocycles. The van der Waals surface area contributed by atoms with E-state index >= 15 is 0 Å². The number of nitrogens with one attached hydrogen (secondary N) is 1. The SMILES string of the molecule is Fc1cc(F)c(Nc2nnc(CCl)o2)cc1F. The van der Waals surface area contributed by atoms with E-state index in [0.717, 1.165) is 0 Å². The van der Waals surface area contributed by atoms with Gasteiger partial charge in [0.05, 0.1) is 5.69 Å². The van der Waals surface area contributed by atoms with E-state index in [9.17, 15) is 13.2 Å². The van der Waals surface area contributed by atoms with Crippen molar-refractivity contribution >= 4 is 23.3 Å². The van der Waals surface area contributed by atoms with E-state index in [4.69, 9.17) is 16.0 Å². The molecule has 0 saturated carbocycles. The highest BCUT2D eigenvalue weighted by molar-refractivity contribution is 6.16. The van der Waals surface area contributed by atoms with Crippen molar-refractivity contribution < 1.29 is 17.6 Å². The van der Waals surface area contributed by atoms with Gasteiger partial charge in [-0.1, -0.05) is 5.10 Å². The Kier molecular flexibility index (Phi) is 3.19. The molecule has 0 radical (unpaired) electrons. The third kappa shape index (κ3) is 2.50. The van der Waals surface area contributed by atoms with Crippen LogP contribution in [0.5, 0.6) is 0 Å². The van der Waals surface area contributed by atoms with Crippen LogP contribution in [0.25, 0.3) is 0 Å². The summed E-state index contributed by atoms with van der Waals surface area (Å²) in [6.07, 6.45) is 0. The predicted molar refractivity (Wildman–Crippen MR) is 53.5 cm³/mol. The van der Waals surface area contributed by atoms with E-state index in [1.807, 2.05) is 0 Å². The normalized spacial score (nSPS) is 10.6. The van der Waals surface area contributed by atoms with Crippen LogP contribution in [0, 0.1) is 17.5 Å². The Morgan fingerprint density at radius 2 is 1.82 bits per heavy atom. The molecule has 8 heteroatoms. The Hall–Kier alpha value is -1.76. The molecule has 0 aliphatic carbocycles. The molecule has 0 bridgehead atoms. The summed E-state index contributed by atoms with van der Waals surface area (Å²) in [5.74, 6) is -3.33. The number of anilines is 2. The van der Waals surface area contributed by atoms with Gasteiger partial charge < -0.3 is 9.73 Å². The molecule has 0 fully saturated rings. The van der Waals surface area contributed by atoms with E-state index < -0.39 is 17.5 Å². The topological polar surface area (TPSA) is 51.0 Å². The van der Waals surface area contributed by atoms with Gasteiger partial charge in [-0.3, -0.25) is 0 Å². The maximum Gasteiger partial charge on any atom is 0.320 e. The molecule has 1 aromatic carbocycles. The minimum absolute atomic E-state index is 0.00502. The van der Waals surface area contributed by atoms with Gasteiger partial charge in [-0.25, -0.2) is 13.2 Å². The average molecular weight is 264 g/mol. The summed E-state index contributed by atoms with van der Waals surface area (Å²) in [4.78, 5) is 0. The van der Waals surface area contributed by atoms with Gasteiger partial charge in [0.15, 0.2) is 11.6 Å². The van der Waals surface area contributed by atoms with Crippen molar-refractivity contribution in [3.8, 4) is 0 Å². The third-order valence-corrected chi connectivity index (χ3v) is 2.06. The summed E-state index contributed by atoms with van der Waals surface area (Å²) in [6.45, 7) is 0. The highest BCUT2D eigenvalue weighted by atomic mass is 35.5. The van der Waals surface area contributed by atoms with Crippen LogP contribution in [0.2, 0.25) is 0 Å². The summed E-state index contributed by atoms with van der Waals surface area (Å²) in [6, 6.07) is 0.900. The number of aromatic nitrogens is 2. The molecule has 0 amide bonds. The molecule has 0 saturated heterocycles. The van der Waals surface area contributed by atoms with Gasteiger partial charge in [0.1, 0.15) is 11.7 Å². The standard InChI is InChI=1S/C9H5ClF3N3O/c10-3-8-15-16-9(17-8)14-7-2-5(12)4(11)1-6(7)13/h1-2H,3H2,(H,14,16). The van der Waals surface area contributed by atoms with Crippen LogP contribution in [-0.4, -0.2) is 10.2 Å². The van der Waals surface area contributed by atoms with Crippen LogP contribution in [0.3, 0.4) is 0 Å². The van der Waals surface area contributed by atoms with Gasteiger partial charge in [-0.15, -0.1) is 16.7 Å². The second-order valence-electron chi connectivity index (χ2n) is 3.01. The summed E-state index contributed by atoms with van der Waals surface area (Å²) < 4.78 is 43.6. The second kappa shape index (κ2) is 4.62. The lowest BCUT2D eigenvalue weighted by Crippen LogP contribution is -1.97. The Morgan fingerprint density at radius 3 is 2.47 bits per heavy atom. The number of hydrogen-bond donors (Lipinski definition) is 1. The van der Waals surface area contributed by atoms with Crippen LogP contribution in [-0.2, 0) is 5.88 Å². The molecule has 0 atom stereocenters. The minimum atomic E-state index is -1.28. The van der Waals surface area contributed by atoms with Gasteiger partial charge in [-0.05, 0) is 0 Å². The zero-order valence-corrected chi connectivity index (χ0v) is 8.93. The molecule has 0 aliphatic rings. The monoisotopic (exact) mass is 263 g/mol. The van der Waals surface area contributed by atoms with Crippen molar-refractivity contribution in [2.75, 3.05) is 5.32 Å². The Balaban J connectivity index is 2.26. The van der Waals surface area contributed by atoms with Crippen molar-refractivity contribution in [3.63, 3.8) is 0 Å². The zero-order chi connectivity index (χ0) is 12.4. The lowest BCUT2D eigenvalue weighted by Gasteiger charge is -2.03. The molecule has 90 valence electrons. The number of halogens is 4. The summed E-state index contributed by atoms with van der Waals surface area (Å²) in [5.41, 5.74) is -0.311. The molecule has 2 aromatic rings. The lowest BCUT2D eigenvalue weighted by molar-refractivity contribution is 0.495. The average Bonchev–Trinajstić information content (AvgIpc) is 2.73. The molecule has 1 aromatic heterocycles. The van der Waals surface area contributed by atoms with Crippen LogP contribution < -0.4 is 5.32 Å². The smallest absolute Gasteiger partial charge is 0.320 e. The van der Waals surface area contributed by atoms with E-state index in [1.165, 1.54) is 0 Å². The molecule has 2 rings (SSSR count). The van der Waals surface area contributed by atoms with Crippen molar-refractivity contribution in [1.29, 1.82) is 0 Å². The predicted octanol–water partition coefficient (Wildman–Crippen LogP) is 2.97. The highest BCUT2D eigenvalue weighted by Gasteiger charge is 2.12. The van der Waals surface area contributed by atoms with Crippen LogP contribution in [0.15, 0.2) is 16.5 Å². The zero-order valence-electron chi connectivity index (χ0n) is 8.18. The third-order valence-electron chi connectivity index (χ3n) is 1.83. The maximum atomic E-state index is 13.2. The van der Waals surface area contributed by atoms with Crippen LogP contribution in [0.4, 0.5) is 24.9 Å². The largest absolute Gasteiger partial charge is 0.407 e. The van der Waals surface area contributed by atoms with Crippen molar-refractivity contribution in [2.24, 2.45) is 0 Å². The molecule has 17 heavy (non-hydrogen) atoms. The molecular weight excluding hydrogens is 259 g/mol. The van der Waals surface area contributed by atoms with Crippen molar-refractivity contribution in [1.82, 2.24) is 10.2 Å². The van der Waals surface area contributed by atoms with Gasteiger partial charge >= 0.3 is 6.01 Å². The maximum absolute atomic E-state index is 13.2. The van der Waals surface area contributed by atoms with E-state index in [0.29, 0.717) is 12.1 Å². The van der Waals surface area contributed by atoms with Gasteiger partial charge in [0, 0.05) is 12.1 Å². The Morgan fingerprint density at radius 1 is 1.12 bits per heavy atom. The van der Waals surface area contributed by atoms with Gasteiger partial charge in [-0.2, -0.15) is 0 Å². The fourth-order valence-corrected chi connectivity index (χ4v) is 1.20.